The Balaban J connectivity index is 1.97. The number of hydrogen-bond acceptors (Lipinski definition) is 3. The second-order valence-electron chi connectivity index (χ2n) is 3.71. The third kappa shape index (κ3) is 3.45. The minimum atomic E-state index is -0.203. The van der Waals surface area contributed by atoms with Gasteiger partial charge >= 0.3 is 0 Å². The summed E-state index contributed by atoms with van der Waals surface area (Å²) in [5.41, 5.74) is 7.05. The van der Waals surface area contributed by atoms with E-state index in [1.165, 1.54) is 12.3 Å². The number of nitrogens with zero attached hydrogens (tertiary/aromatic N) is 1. The molecule has 3 N–H and O–H groups in total. The van der Waals surface area contributed by atoms with Gasteiger partial charge in [0.05, 0.1) is 11.9 Å². The van der Waals surface area contributed by atoms with Gasteiger partial charge < -0.3 is 11.1 Å². The monoisotopic (exact) mass is 239 g/mol. The Hall–Kier alpha value is -2.62. The standard InChI is InChI=1S/C14H13N3O/c15-13-8-7-12(10-16-13)17-14(18)9-6-11-4-2-1-3-5-11/h1-10H,(H2,15,16)(H,17,18). The van der Waals surface area contributed by atoms with Gasteiger partial charge in [-0.15, -0.1) is 0 Å². The van der Waals surface area contributed by atoms with Gasteiger partial charge in [-0.1, -0.05) is 30.3 Å². The van der Waals surface area contributed by atoms with Gasteiger partial charge in [0, 0.05) is 6.08 Å². The first-order valence-corrected chi connectivity index (χ1v) is 5.50. The lowest BCUT2D eigenvalue weighted by Gasteiger charge is -2.01. The van der Waals surface area contributed by atoms with Gasteiger partial charge in [-0.05, 0) is 23.8 Å². The maximum atomic E-state index is 11.6. The predicted octanol–water partition coefficient (Wildman–Crippen LogP) is 2.32. The van der Waals surface area contributed by atoms with Gasteiger partial charge in [-0.25, -0.2) is 4.98 Å². The first-order chi connectivity index (χ1) is 8.74. The SMILES string of the molecule is Nc1ccc(NC(=O)C=Cc2ccccc2)cn1. The predicted molar refractivity (Wildman–Crippen MR) is 72.8 cm³/mol. The average Bonchev–Trinajstić information content (AvgIpc) is 2.40. The maximum Gasteiger partial charge on any atom is 0.248 e. The minimum absolute atomic E-state index is 0.203. The largest absolute Gasteiger partial charge is 0.384 e. The van der Waals surface area contributed by atoms with Crippen molar-refractivity contribution in [1.29, 1.82) is 0 Å². The zero-order valence-electron chi connectivity index (χ0n) is 9.71. The third-order valence-electron chi connectivity index (χ3n) is 2.28. The first-order valence-electron chi connectivity index (χ1n) is 5.50. The van der Waals surface area contributed by atoms with Crippen molar-refractivity contribution in [3.63, 3.8) is 0 Å². The number of nitrogens with two attached hydrogens (primary N) is 1. The van der Waals surface area contributed by atoms with Crippen LogP contribution in [0.15, 0.2) is 54.7 Å². The summed E-state index contributed by atoms with van der Waals surface area (Å²) in [4.78, 5) is 15.5. The van der Waals surface area contributed by atoms with Crippen LogP contribution < -0.4 is 11.1 Å². The zero-order valence-corrected chi connectivity index (χ0v) is 9.71. The topological polar surface area (TPSA) is 68.0 Å². The highest BCUT2D eigenvalue weighted by atomic mass is 16.1. The molecular formula is C14H13N3O. The molecule has 1 aromatic carbocycles. The van der Waals surface area contributed by atoms with Crippen LogP contribution in [-0.4, -0.2) is 10.9 Å². The molecule has 0 fully saturated rings. The lowest BCUT2D eigenvalue weighted by atomic mass is 10.2. The molecule has 0 saturated carbocycles. The van der Waals surface area contributed by atoms with Gasteiger partial charge in [-0.3, -0.25) is 4.79 Å². The molecule has 1 amide bonds. The van der Waals surface area contributed by atoms with Gasteiger partial charge in [0.2, 0.25) is 5.91 Å². The summed E-state index contributed by atoms with van der Waals surface area (Å²) in [6, 6.07) is 13.0. The number of anilines is 2. The molecule has 4 nitrogen and oxygen atoms in total. The summed E-state index contributed by atoms with van der Waals surface area (Å²) in [5, 5.41) is 2.70. The van der Waals surface area contributed by atoms with E-state index >= 15 is 0 Å². The molecule has 1 aromatic heterocycles. The molecule has 18 heavy (non-hydrogen) atoms. The molecule has 0 atom stereocenters. The summed E-state index contributed by atoms with van der Waals surface area (Å²) in [7, 11) is 0. The Morgan fingerprint density at radius 2 is 1.94 bits per heavy atom. The highest BCUT2D eigenvalue weighted by Gasteiger charge is 1.97. The van der Waals surface area contributed by atoms with Crippen molar-refractivity contribution >= 4 is 23.5 Å². The van der Waals surface area contributed by atoms with Crippen molar-refractivity contribution < 1.29 is 4.79 Å². The lowest BCUT2D eigenvalue weighted by molar-refractivity contribution is -0.111. The molecule has 0 aliphatic rings. The third-order valence-corrected chi connectivity index (χ3v) is 2.28. The lowest BCUT2D eigenvalue weighted by Crippen LogP contribution is -2.08. The molecule has 0 unspecified atom stereocenters. The van der Waals surface area contributed by atoms with Gasteiger partial charge in [-0.2, -0.15) is 0 Å². The number of nitrogens with one attached hydrogen (secondary N) is 1. The number of carbonyl (C=O) groups excluding carboxylic acids is 1. The minimum Gasteiger partial charge on any atom is -0.384 e. The molecule has 2 aromatic rings. The number of aromatic nitrogens is 1. The number of hydrogen-bond donors (Lipinski definition) is 2. The fourth-order valence-corrected chi connectivity index (χ4v) is 1.40. The number of carbonyl (C=O) groups is 1. The summed E-state index contributed by atoms with van der Waals surface area (Å²) in [5.74, 6) is 0.221. The molecule has 0 spiro atoms. The van der Waals surface area contributed by atoms with Crippen LogP contribution in [0.4, 0.5) is 11.5 Å². The van der Waals surface area contributed by atoms with Crippen molar-refractivity contribution in [3.8, 4) is 0 Å². The van der Waals surface area contributed by atoms with Gasteiger partial charge in [0.25, 0.3) is 0 Å². The summed E-state index contributed by atoms with van der Waals surface area (Å²) < 4.78 is 0. The second-order valence-corrected chi connectivity index (χ2v) is 3.71. The molecular weight excluding hydrogens is 226 g/mol. The number of benzene rings is 1. The molecule has 0 bridgehead atoms. The van der Waals surface area contributed by atoms with Crippen LogP contribution in [0.1, 0.15) is 5.56 Å². The van der Waals surface area contributed by atoms with Gasteiger partial charge in [0.15, 0.2) is 0 Å². The normalized spacial score (nSPS) is 10.4. The molecule has 1 heterocycles. The average molecular weight is 239 g/mol. The van der Waals surface area contributed by atoms with E-state index in [1.807, 2.05) is 30.3 Å². The fourth-order valence-electron chi connectivity index (χ4n) is 1.40. The zero-order chi connectivity index (χ0) is 12.8. The fraction of sp³-hybridized carbons (Fsp3) is 0. The van der Waals surface area contributed by atoms with Crippen LogP contribution >= 0.6 is 0 Å². The van der Waals surface area contributed by atoms with Crippen LogP contribution in [0.3, 0.4) is 0 Å². The molecule has 2 rings (SSSR count). The Bertz CT molecular complexity index is 547. The maximum absolute atomic E-state index is 11.6. The molecule has 0 radical (unpaired) electrons. The van der Waals surface area contributed by atoms with Crippen LogP contribution in [0, 0.1) is 0 Å². The van der Waals surface area contributed by atoms with Crippen LogP contribution in [0.5, 0.6) is 0 Å². The number of nitrogen functional groups attached to an aromatic ring is 1. The van der Waals surface area contributed by atoms with Crippen LogP contribution in [0.2, 0.25) is 0 Å². The van der Waals surface area contributed by atoms with E-state index in [9.17, 15) is 4.79 Å². The Morgan fingerprint density at radius 3 is 2.61 bits per heavy atom. The molecule has 0 aliphatic heterocycles. The summed E-state index contributed by atoms with van der Waals surface area (Å²) in [6.07, 6.45) is 4.75. The van der Waals surface area contributed by atoms with E-state index in [0.29, 0.717) is 11.5 Å². The van der Waals surface area contributed by atoms with Crippen molar-refractivity contribution in [2.24, 2.45) is 0 Å². The van der Waals surface area contributed by atoms with Gasteiger partial charge in [0.1, 0.15) is 5.82 Å². The molecule has 4 heteroatoms. The number of amides is 1. The Labute approximate surface area is 105 Å². The van der Waals surface area contributed by atoms with Crippen LogP contribution in [-0.2, 0) is 4.79 Å². The summed E-state index contributed by atoms with van der Waals surface area (Å²) in [6.45, 7) is 0. The van der Waals surface area contributed by atoms with Crippen molar-refractivity contribution in [3.05, 3.63) is 60.3 Å². The highest BCUT2D eigenvalue weighted by molar-refractivity contribution is 6.01. The van der Waals surface area contributed by atoms with E-state index in [-0.39, 0.29) is 5.91 Å². The Kier molecular flexibility index (Phi) is 3.71. The first kappa shape index (κ1) is 11.9. The summed E-state index contributed by atoms with van der Waals surface area (Å²) >= 11 is 0. The quantitative estimate of drug-likeness (QED) is 0.808. The van der Waals surface area contributed by atoms with E-state index in [1.54, 1.807) is 18.2 Å². The second kappa shape index (κ2) is 5.63. The number of rotatable bonds is 3. The molecule has 90 valence electrons. The molecule has 0 saturated heterocycles. The smallest absolute Gasteiger partial charge is 0.248 e. The number of pyridine rings is 1. The van der Waals surface area contributed by atoms with Crippen LogP contribution in [0.25, 0.3) is 6.08 Å². The van der Waals surface area contributed by atoms with E-state index < -0.39 is 0 Å². The highest BCUT2D eigenvalue weighted by Crippen LogP contribution is 2.07. The van der Waals surface area contributed by atoms with E-state index in [4.69, 9.17) is 5.73 Å². The Morgan fingerprint density at radius 1 is 1.17 bits per heavy atom. The van der Waals surface area contributed by atoms with Crippen molar-refractivity contribution in [2.75, 3.05) is 11.1 Å². The van der Waals surface area contributed by atoms with Crippen molar-refractivity contribution in [2.45, 2.75) is 0 Å². The van der Waals surface area contributed by atoms with E-state index in [2.05, 4.69) is 10.3 Å². The molecule has 0 aliphatic carbocycles. The van der Waals surface area contributed by atoms with Crippen molar-refractivity contribution in [1.82, 2.24) is 4.98 Å². The van der Waals surface area contributed by atoms with E-state index in [0.717, 1.165) is 5.56 Å².